The molecule has 39 heavy (non-hydrogen) atoms. The van der Waals surface area contributed by atoms with E-state index in [9.17, 15) is 0 Å². The van der Waals surface area contributed by atoms with Crippen LogP contribution in [0.1, 0.15) is 50.3 Å². The molecule has 0 saturated heterocycles. The molecule has 196 valence electrons. The summed E-state index contributed by atoms with van der Waals surface area (Å²) in [6.45, 7) is 11.5. The molecule has 0 atom stereocenters. The van der Waals surface area contributed by atoms with Gasteiger partial charge in [-0.1, -0.05) is 82.3 Å². The second-order valence-corrected chi connectivity index (χ2v) is 11.6. The summed E-state index contributed by atoms with van der Waals surface area (Å²) in [5, 5.41) is 2.56. The summed E-state index contributed by atoms with van der Waals surface area (Å²) >= 11 is 0. The number of hydrogen-bond acceptors (Lipinski definition) is 0. The first kappa shape index (κ1) is 25.2. The minimum atomic E-state index is 0.431. The number of benzene rings is 4. The van der Waals surface area contributed by atoms with Crippen molar-refractivity contribution in [3.8, 4) is 22.8 Å². The normalized spacial score (nSPS) is 11.9. The molecule has 0 fully saturated rings. The maximum absolute atomic E-state index is 2.44. The van der Waals surface area contributed by atoms with Crippen LogP contribution in [0.25, 0.3) is 44.6 Å². The highest BCUT2D eigenvalue weighted by atomic mass is 15.1. The molecule has 0 aliphatic rings. The van der Waals surface area contributed by atoms with Gasteiger partial charge in [-0.25, -0.2) is 4.57 Å². The molecule has 6 aromatic rings. The minimum Gasteiger partial charge on any atom is -0.309 e. The average Bonchev–Trinajstić information content (AvgIpc) is 3.45. The first-order chi connectivity index (χ1) is 18.8. The van der Waals surface area contributed by atoms with Crippen molar-refractivity contribution in [2.24, 2.45) is 13.0 Å². The van der Waals surface area contributed by atoms with Gasteiger partial charge in [-0.05, 0) is 66.6 Å². The zero-order valence-corrected chi connectivity index (χ0v) is 23.9. The Kier molecular flexibility index (Phi) is 6.38. The number of imidazole rings is 1. The van der Waals surface area contributed by atoms with E-state index in [1.165, 1.54) is 61.3 Å². The second-order valence-electron chi connectivity index (χ2n) is 11.6. The quantitative estimate of drug-likeness (QED) is 0.198. The SMILES string of the molecule is Cc1cc2c(cc1-c1n(-c3c(CC(C)C)cccc3C(C)C)cc[n+]1C)c1ccccc1n2-c1ccccc1. The van der Waals surface area contributed by atoms with Crippen molar-refractivity contribution in [2.75, 3.05) is 0 Å². The van der Waals surface area contributed by atoms with Gasteiger partial charge >= 0.3 is 0 Å². The molecule has 2 heterocycles. The lowest BCUT2D eigenvalue weighted by molar-refractivity contribution is -0.659. The van der Waals surface area contributed by atoms with Gasteiger partial charge in [0, 0.05) is 22.0 Å². The van der Waals surface area contributed by atoms with Gasteiger partial charge in [0.2, 0.25) is 0 Å². The van der Waals surface area contributed by atoms with E-state index in [1.54, 1.807) is 0 Å². The monoisotopic (exact) mass is 512 g/mol. The zero-order chi connectivity index (χ0) is 27.3. The van der Waals surface area contributed by atoms with Gasteiger partial charge in [0.15, 0.2) is 0 Å². The van der Waals surface area contributed by atoms with Crippen LogP contribution < -0.4 is 4.57 Å². The fourth-order valence-corrected chi connectivity index (χ4v) is 6.17. The van der Waals surface area contributed by atoms with Crippen LogP contribution in [0.5, 0.6) is 0 Å². The van der Waals surface area contributed by atoms with Gasteiger partial charge in [-0.2, -0.15) is 4.57 Å². The molecular weight excluding hydrogens is 474 g/mol. The summed E-state index contributed by atoms with van der Waals surface area (Å²) in [7, 11) is 2.17. The Labute approximate surface area is 232 Å². The molecule has 0 unspecified atom stereocenters. The van der Waals surface area contributed by atoms with Crippen LogP contribution >= 0.6 is 0 Å². The lowest BCUT2D eigenvalue weighted by Crippen LogP contribution is -2.29. The molecule has 4 aromatic carbocycles. The minimum absolute atomic E-state index is 0.431. The number of nitrogens with zero attached hydrogens (tertiary/aromatic N) is 3. The predicted molar refractivity (Wildman–Crippen MR) is 164 cm³/mol. The van der Waals surface area contributed by atoms with E-state index in [0.29, 0.717) is 11.8 Å². The van der Waals surface area contributed by atoms with Crippen LogP contribution in [-0.2, 0) is 13.5 Å². The van der Waals surface area contributed by atoms with E-state index in [0.717, 1.165) is 6.42 Å². The molecular formula is C36H38N3+. The molecule has 6 rings (SSSR count). The topological polar surface area (TPSA) is 13.7 Å². The Bertz CT molecular complexity index is 1800. The van der Waals surface area contributed by atoms with E-state index in [4.69, 9.17) is 0 Å². The summed E-state index contributed by atoms with van der Waals surface area (Å²) in [6, 6.07) is 31.1. The Morgan fingerprint density at radius 3 is 2.26 bits per heavy atom. The third-order valence-corrected chi connectivity index (χ3v) is 7.92. The van der Waals surface area contributed by atoms with Gasteiger partial charge < -0.3 is 4.57 Å². The Balaban J connectivity index is 1.65. The molecule has 3 nitrogen and oxygen atoms in total. The first-order valence-electron chi connectivity index (χ1n) is 14.1. The highest BCUT2D eigenvalue weighted by Gasteiger charge is 2.27. The van der Waals surface area contributed by atoms with Crippen molar-refractivity contribution in [3.05, 3.63) is 114 Å². The molecule has 0 radical (unpaired) electrons. The molecule has 2 aromatic heterocycles. The summed E-state index contributed by atoms with van der Waals surface area (Å²) < 4.78 is 7.12. The number of aryl methyl sites for hydroxylation is 2. The number of rotatable bonds is 6. The highest BCUT2D eigenvalue weighted by Crippen LogP contribution is 2.38. The number of fused-ring (bicyclic) bond motifs is 3. The van der Waals surface area contributed by atoms with E-state index in [1.807, 2.05) is 0 Å². The van der Waals surface area contributed by atoms with Gasteiger partial charge in [0.05, 0.1) is 23.6 Å². The largest absolute Gasteiger partial charge is 0.309 e. The van der Waals surface area contributed by atoms with Crippen LogP contribution in [0.15, 0.2) is 97.3 Å². The molecule has 3 heteroatoms. The first-order valence-corrected chi connectivity index (χ1v) is 14.1. The maximum atomic E-state index is 2.44. The van der Waals surface area contributed by atoms with Gasteiger partial charge in [-0.3, -0.25) is 0 Å². The van der Waals surface area contributed by atoms with Crippen LogP contribution in [0.2, 0.25) is 0 Å². The predicted octanol–water partition coefficient (Wildman–Crippen LogP) is 8.70. The fraction of sp³-hybridized carbons (Fsp3) is 0.250. The van der Waals surface area contributed by atoms with Crippen LogP contribution in [-0.4, -0.2) is 9.13 Å². The van der Waals surface area contributed by atoms with E-state index >= 15 is 0 Å². The fourth-order valence-electron chi connectivity index (χ4n) is 6.17. The third kappa shape index (κ3) is 4.27. The molecule has 0 spiro atoms. The Morgan fingerprint density at radius 2 is 1.51 bits per heavy atom. The van der Waals surface area contributed by atoms with Crippen LogP contribution in [0, 0.1) is 12.8 Å². The van der Waals surface area contributed by atoms with Gasteiger partial charge in [-0.15, -0.1) is 0 Å². The third-order valence-electron chi connectivity index (χ3n) is 7.92. The summed E-state index contributed by atoms with van der Waals surface area (Å²) in [6.07, 6.45) is 5.50. The lowest BCUT2D eigenvalue weighted by Gasteiger charge is -2.17. The number of aromatic nitrogens is 3. The Hall–Kier alpha value is -4.11. The van der Waals surface area contributed by atoms with E-state index in [-0.39, 0.29) is 0 Å². The van der Waals surface area contributed by atoms with Crippen molar-refractivity contribution < 1.29 is 4.57 Å². The van der Waals surface area contributed by atoms with Crippen LogP contribution in [0.3, 0.4) is 0 Å². The molecule has 0 bridgehead atoms. The standard InChI is InChI=1S/C36H38N3/c1-24(2)21-27-13-12-17-29(25(3)4)35(27)38-20-19-37(6)36(38)31-23-32-30-16-10-11-18-33(30)39(34(32)22-26(31)5)28-14-8-7-9-15-28/h7-20,22-25H,21H2,1-6H3/q+1. The van der Waals surface area contributed by atoms with Crippen molar-refractivity contribution in [3.63, 3.8) is 0 Å². The lowest BCUT2D eigenvalue weighted by atomic mass is 9.93. The van der Waals surface area contributed by atoms with Gasteiger partial charge in [0.25, 0.3) is 5.82 Å². The van der Waals surface area contributed by atoms with Crippen molar-refractivity contribution in [2.45, 2.75) is 47.0 Å². The highest BCUT2D eigenvalue weighted by molar-refractivity contribution is 6.10. The van der Waals surface area contributed by atoms with Crippen molar-refractivity contribution in [1.82, 2.24) is 9.13 Å². The van der Waals surface area contributed by atoms with E-state index in [2.05, 4.69) is 153 Å². The number of hydrogen-bond donors (Lipinski definition) is 0. The summed E-state index contributed by atoms with van der Waals surface area (Å²) in [5.74, 6) is 2.23. The van der Waals surface area contributed by atoms with E-state index < -0.39 is 0 Å². The average molecular weight is 513 g/mol. The molecule has 0 N–H and O–H groups in total. The molecule has 0 saturated carbocycles. The summed E-state index contributed by atoms with van der Waals surface area (Å²) in [5.41, 5.74) is 10.3. The molecule has 0 aliphatic heterocycles. The summed E-state index contributed by atoms with van der Waals surface area (Å²) in [4.78, 5) is 0. The number of para-hydroxylation sites is 3. The van der Waals surface area contributed by atoms with Gasteiger partial charge in [0.1, 0.15) is 18.1 Å². The smallest absolute Gasteiger partial charge is 0.294 e. The molecule has 0 amide bonds. The van der Waals surface area contributed by atoms with Crippen molar-refractivity contribution in [1.29, 1.82) is 0 Å². The second kappa shape index (κ2) is 9.89. The molecule has 0 aliphatic carbocycles. The van der Waals surface area contributed by atoms with Crippen molar-refractivity contribution >= 4 is 21.8 Å². The van der Waals surface area contributed by atoms with Crippen LogP contribution in [0.4, 0.5) is 0 Å². The maximum Gasteiger partial charge on any atom is 0.294 e. The Morgan fingerprint density at radius 1 is 0.769 bits per heavy atom. The zero-order valence-electron chi connectivity index (χ0n) is 23.9.